The molecule has 108 valence electrons. The summed E-state index contributed by atoms with van der Waals surface area (Å²) in [7, 11) is 1.57. The van der Waals surface area contributed by atoms with E-state index in [1.165, 1.54) is 0 Å². The van der Waals surface area contributed by atoms with Crippen molar-refractivity contribution >= 4 is 23.2 Å². The van der Waals surface area contributed by atoms with Crippen LogP contribution in [0, 0.1) is 5.92 Å². The summed E-state index contributed by atoms with van der Waals surface area (Å²) in [5.74, 6) is 1.07. The minimum atomic E-state index is 0.231. The van der Waals surface area contributed by atoms with E-state index in [2.05, 4.69) is 12.2 Å². The normalized spacial score (nSPS) is 12.5. The maximum absolute atomic E-state index is 8.94. The average Bonchev–Trinajstić information content (AvgIpc) is 2.41. The first-order chi connectivity index (χ1) is 9.12. The number of aliphatic hydroxyl groups is 1. The molecule has 0 spiro atoms. The number of ether oxygens (including phenoxy) is 1. The molecule has 0 saturated heterocycles. The molecule has 0 radical (unpaired) electrons. The van der Waals surface area contributed by atoms with Gasteiger partial charge >= 0.3 is 0 Å². The van der Waals surface area contributed by atoms with Crippen molar-refractivity contribution in [2.45, 2.75) is 26.3 Å². The van der Waals surface area contributed by atoms with Crippen LogP contribution in [-0.4, -0.2) is 25.4 Å². The molecule has 1 atom stereocenters. The highest BCUT2D eigenvalue weighted by molar-refractivity contribution is 6.34. The Morgan fingerprint density at radius 3 is 2.63 bits per heavy atom. The Morgan fingerprint density at radius 1 is 1.32 bits per heavy atom. The minimum absolute atomic E-state index is 0.231. The highest BCUT2D eigenvalue weighted by Crippen LogP contribution is 2.30. The van der Waals surface area contributed by atoms with Crippen LogP contribution >= 0.6 is 23.2 Å². The van der Waals surface area contributed by atoms with E-state index in [9.17, 15) is 0 Å². The summed E-state index contributed by atoms with van der Waals surface area (Å²) in [5.41, 5.74) is 0.950. The van der Waals surface area contributed by atoms with Gasteiger partial charge in [-0.3, -0.25) is 0 Å². The predicted octanol–water partition coefficient (Wildman–Crippen LogP) is 3.50. The van der Waals surface area contributed by atoms with Gasteiger partial charge in [0.25, 0.3) is 0 Å². The largest absolute Gasteiger partial charge is 0.495 e. The molecule has 0 heterocycles. The average molecular weight is 306 g/mol. The fourth-order valence-corrected chi connectivity index (χ4v) is 2.39. The number of hydrogen-bond acceptors (Lipinski definition) is 3. The number of halogens is 2. The molecule has 0 fully saturated rings. The summed E-state index contributed by atoms with van der Waals surface area (Å²) in [4.78, 5) is 0. The second-order valence-electron chi connectivity index (χ2n) is 4.50. The molecule has 5 heteroatoms. The van der Waals surface area contributed by atoms with Crippen molar-refractivity contribution in [3.63, 3.8) is 0 Å². The van der Waals surface area contributed by atoms with Crippen LogP contribution in [0.15, 0.2) is 12.1 Å². The Balaban J connectivity index is 2.56. The molecule has 0 aliphatic carbocycles. The lowest BCUT2D eigenvalue weighted by molar-refractivity contribution is 0.251. The maximum Gasteiger partial charge on any atom is 0.138 e. The van der Waals surface area contributed by atoms with Gasteiger partial charge in [-0.25, -0.2) is 0 Å². The Bertz CT molecular complexity index is 399. The molecule has 1 aromatic rings. The summed E-state index contributed by atoms with van der Waals surface area (Å²) in [5, 5.41) is 13.5. The van der Waals surface area contributed by atoms with E-state index in [-0.39, 0.29) is 6.61 Å². The van der Waals surface area contributed by atoms with Gasteiger partial charge in [0.05, 0.1) is 12.1 Å². The number of benzene rings is 1. The van der Waals surface area contributed by atoms with Gasteiger partial charge < -0.3 is 15.2 Å². The molecular formula is C14H21Cl2NO2. The van der Waals surface area contributed by atoms with E-state index < -0.39 is 0 Å². The smallest absolute Gasteiger partial charge is 0.138 e. The molecule has 3 nitrogen and oxygen atoms in total. The van der Waals surface area contributed by atoms with Gasteiger partial charge in [-0.2, -0.15) is 0 Å². The second-order valence-corrected chi connectivity index (χ2v) is 5.31. The Morgan fingerprint density at radius 2 is 2.05 bits per heavy atom. The van der Waals surface area contributed by atoms with Gasteiger partial charge in [0.2, 0.25) is 0 Å². The van der Waals surface area contributed by atoms with Crippen molar-refractivity contribution in [2.24, 2.45) is 5.92 Å². The summed E-state index contributed by atoms with van der Waals surface area (Å²) >= 11 is 12.2. The first kappa shape index (κ1) is 16.6. The zero-order chi connectivity index (χ0) is 14.3. The molecule has 0 bridgehead atoms. The van der Waals surface area contributed by atoms with E-state index in [0.29, 0.717) is 28.3 Å². The predicted molar refractivity (Wildman–Crippen MR) is 80.2 cm³/mol. The lowest BCUT2D eigenvalue weighted by Gasteiger charge is -2.15. The van der Waals surface area contributed by atoms with E-state index in [0.717, 1.165) is 24.9 Å². The Labute approximate surface area is 124 Å². The number of rotatable bonds is 8. The number of hydrogen-bond donors (Lipinski definition) is 2. The van der Waals surface area contributed by atoms with Crippen LogP contribution in [0.25, 0.3) is 0 Å². The van der Waals surface area contributed by atoms with Crippen LogP contribution in [0.5, 0.6) is 5.75 Å². The van der Waals surface area contributed by atoms with Gasteiger partial charge in [-0.05, 0) is 30.5 Å². The monoisotopic (exact) mass is 305 g/mol. The molecule has 0 aliphatic rings. The minimum Gasteiger partial charge on any atom is -0.495 e. The number of aliphatic hydroxyl groups excluding tert-OH is 1. The molecule has 1 aromatic carbocycles. The van der Waals surface area contributed by atoms with Crippen LogP contribution in [0.4, 0.5) is 0 Å². The molecule has 0 amide bonds. The quantitative estimate of drug-likeness (QED) is 0.772. The fraction of sp³-hybridized carbons (Fsp3) is 0.571. The van der Waals surface area contributed by atoms with Crippen molar-refractivity contribution in [3.8, 4) is 5.75 Å². The third kappa shape index (κ3) is 5.19. The Hall–Kier alpha value is -0.480. The van der Waals surface area contributed by atoms with Crippen molar-refractivity contribution in [1.82, 2.24) is 5.32 Å². The SMILES string of the molecule is CCC(CCO)CNCc1cc(Cl)c(OC)cc1Cl. The molecule has 0 aromatic heterocycles. The van der Waals surface area contributed by atoms with E-state index in [1.54, 1.807) is 13.2 Å². The number of nitrogens with one attached hydrogen (secondary N) is 1. The van der Waals surface area contributed by atoms with Gasteiger partial charge in [-0.15, -0.1) is 0 Å². The highest BCUT2D eigenvalue weighted by atomic mass is 35.5. The van der Waals surface area contributed by atoms with Crippen LogP contribution in [0.3, 0.4) is 0 Å². The zero-order valence-corrected chi connectivity index (χ0v) is 12.9. The molecule has 1 rings (SSSR count). The van der Waals surface area contributed by atoms with Gasteiger partial charge in [0, 0.05) is 24.2 Å². The third-order valence-electron chi connectivity index (χ3n) is 3.18. The van der Waals surface area contributed by atoms with E-state index in [1.807, 2.05) is 6.07 Å². The third-order valence-corrected chi connectivity index (χ3v) is 3.83. The zero-order valence-electron chi connectivity index (χ0n) is 11.4. The highest BCUT2D eigenvalue weighted by Gasteiger charge is 2.09. The maximum atomic E-state index is 8.94. The second kappa shape index (κ2) is 8.64. The van der Waals surface area contributed by atoms with Crippen molar-refractivity contribution < 1.29 is 9.84 Å². The van der Waals surface area contributed by atoms with Gasteiger partial charge in [-0.1, -0.05) is 36.5 Å². The Kier molecular flexibility index (Phi) is 7.54. The summed E-state index contributed by atoms with van der Waals surface area (Å²) in [6, 6.07) is 3.55. The number of methoxy groups -OCH3 is 1. The molecule has 0 saturated carbocycles. The fourth-order valence-electron chi connectivity index (χ4n) is 1.91. The van der Waals surface area contributed by atoms with Crippen LogP contribution in [-0.2, 0) is 6.54 Å². The van der Waals surface area contributed by atoms with Crippen LogP contribution in [0.1, 0.15) is 25.3 Å². The lowest BCUT2D eigenvalue weighted by atomic mass is 10.0. The lowest BCUT2D eigenvalue weighted by Crippen LogP contribution is -2.23. The van der Waals surface area contributed by atoms with Crippen LogP contribution < -0.4 is 10.1 Å². The molecule has 2 N–H and O–H groups in total. The van der Waals surface area contributed by atoms with Crippen molar-refractivity contribution in [3.05, 3.63) is 27.7 Å². The van der Waals surface area contributed by atoms with Crippen molar-refractivity contribution in [2.75, 3.05) is 20.3 Å². The summed E-state index contributed by atoms with van der Waals surface area (Å²) < 4.78 is 5.11. The molecular weight excluding hydrogens is 285 g/mol. The topological polar surface area (TPSA) is 41.5 Å². The summed E-state index contributed by atoms with van der Waals surface area (Å²) in [6.45, 7) is 3.87. The van der Waals surface area contributed by atoms with Gasteiger partial charge in [0.1, 0.15) is 5.75 Å². The molecule has 19 heavy (non-hydrogen) atoms. The van der Waals surface area contributed by atoms with Gasteiger partial charge in [0.15, 0.2) is 0 Å². The molecule has 0 aliphatic heterocycles. The standard InChI is InChI=1S/C14H21Cl2NO2/c1-3-10(4-5-18)8-17-9-11-6-13(16)14(19-2)7-12(11)15/h6-7,10,17-18H,3-5,8-9H2,1-2H3. The van der Waals surface area contributed by atoms with Crippen molar-refractivity contribution in [1.29, 1.82) is 0 Å². The summed E-state index contributed by atoms with van der Waals surface area (Å²) in [6.07, 6.45) is 1.87. The van der Waals surface area contributed by atoms with Crippen LogP contribution in [0.2, 0.25) is 10.0 Å². The first-order valence-electron chi connectivity index (χ1n) is 6.45. The van der Waals surface area contributed by atoms with E-state index in [4.69, 9.17) is 33.0 Å². The first-order valence-corrected chi connectivity index (χ1v) is 7.21. The molecule has 1 unspecified atom stereocenters. The van der Waals surface area contributed by atoms with E-state index >= 15 is 0 Å².